The standard InChI is InChI=1S/C19H26N.C18H24N.C17H22N.C16H20N.4CH4/c1-14-7-9-17(15(2)11-14)18-10-8-16(13-20(18)6)12-19(3,4)5;1-14-8-6-7-9-16(14)17-11-10-15(13-19(17)5)12-18(2,3)4;1-13(2)11-15-9-10-17(18(4)12-15)16-8-6-5-7-14(16)3;1-11-6-7-15(13(3)8-11)16-9-12(2)14(4)10-17(16)5;;;;/h7-11,13H,12H2,1-6H3;6-11,13H,12H2,1-5H3;5-10,12-13H,11H2,1-4H3;6-10H,1-5H3;4*1H4/q4*+1;;;;/i1D3,12D2;12D2;11D2;1D3,4D3;;;;. The van der Waals surface area contributed by atoms with Crippen molar-refractivity contribution < 1.29 is 38.8 Å². The van der Waals surface area contributed by atoms with Crippen LogP contribution in [-0.2, 0) is 47.3 Å². The van der Waals surface area contributed by atoms with E-state index in [2.05, 4.69) is 38.1 Å². The summed E-state index contributed by atoms with van der Waals surface area (Å²) >= 11 is 0. The van der Waals surface area contributed by atoms with Crippen LogP contribution in [-0.4, -0.2) is 0 Å². The van der Waals surface area contributed by atoms with Crippen LogP contribution in [0.2, 0.25) is 0 Å². The van der Waals surface area contributed by atoms with Gasteiger partial charge in [0.05, 0.1) is 0 Å². The topological polar surface area (TPSA) is 15.5 Å². The van der Waals surface area contributed by atoms with Crippen molar-refractivity contribution in [3.63, 3.8) is 0 Å². The number of hydrogen-bond acceptors (Lipinski definition) is 0. The lowest BCUT2D eigenvalue weighted by molar-refractivity contribution is -0.661. The molecule has 0 radical (unpaired) electrons. The van der Waals surface area contributed by atoms with Gasteiger partial charge in [-0.2, -0.15) is 0 Å². The molecule has 78 heavy (non-hydrogen) atoms. The van der Waals surface area contributed by atoms with Crippen LogP contribution < -0.4 is 18.3 Å². The summed E-state index contributed by atoms with van der Waals surface area (Å²) in [4.78, 5) is 0. The first-order valence-electron chi connectivity index (χ1n) is 33.0. The maximum absolute atomic E-state index is 8.42. The molecule has 4 nitrogen and oxygen atoms in total. The normalized spacial score (nSPS) is 14.6. The zero-order valence-corrected chi connectivity index (χ0v) is 47.3. The highest BCUT2D eigenvalue weighted by atomic mass is 14.9. The zero-order chi connectivity index (χ0) is 67.5. The Bertz CT molecular complexity index is 3790. The molecule has 0 aliphatic rings. The molecule has 4 aromatic carbocycles. The smallest absolute Gasteiger partial charge is 0.201 e. The molecule has 0 saturated heterocycles. The Kier molecular flexibility index (Phi) is 18.6. The summed E-state index contributed by atoms with van der Waals surface area (Å²) < 4.78 is 125. The second-order valence-corrected chi connectivity index (χ2v) is 21.8. The number of nitrogens with zero attached hydrogens (tertiary/aromatic N) is 4. The molecule has 0 N–H and O–H groups in total. The highest BCUT2D eigenvalue weighted by molar-refractivity contribution is 5.64. The molecule has 0 aliphatic carbocycles. The van der Waals surface area contributed by atoms with Crippen molar-refractivity contribution in [1.29, 1.82) is 0 Å². The van der Waals surface area contributed by atoms with Gasteiger partial charge in [-0.1, -0.05) is 157 Å². The second-order valence-electron chi connectivity index (χ2n) is 21.8. The van der Waals surface area contributed by atoms with Crippen molar-refractivity contribution >= 4 is 0 Å². The summed E-state index contributed by atoms with van der Waals surface area (Å²) in [5.41, 5.74) is 15.1. The summed E-state index contributed by atoms with van der Waals surface area (Å²) in [5, 5.41) is 0. The van der Waals surface area contributed by atoms with Crippen LogP contribution in [0.5, 0.6) is 0 Å². The van der Waals surface area contributed by atoms with E-state index in [0.29, 0.717) is 27.8 Å². The molecule has 0 bridgehead atoms. The summed E-state index contributed by atoms with van der Waals surface area (Å²) in [6.07, 6.45) is 3.13. The van der Waals surface area contributed by atoms with Crippen molar-refractivity contribution in [2.45, 2.75) is 159 Å². The Labute approximate surface area is 500 Å². The quantitative estimate of drug-likeness (QED) is 0.135. The lowest BCUT2D eigenvalue weighted by Crippen LogP contribution is -2.32. The van der Waals surface area contributed by atoms with Crippen molar-refractivity contribution in [1.82, 2.24) is 0 Å². The van der Waals surface area contributed by atoms with Crippen molar-refractivity contribution in [3.8, 4) is 45.0 Å². The SMILES string of the molecule is C.C.C.C.[2H]C([2H])([2H])c1ccc(-c2cc(C)c(C([2H])([2H])[2H])c[n+]2C)c(C)c1.[2H]C([2H])([2H])c1ccc(-c2ccc(C([2H])([2H])C(C)(C)C)c[n+]2C)c(C)c1.[2H]C([2H])(c1ccc(-c2ccccc2C)[n+](C)c1)C(C)(C)C.[2H]C([2H])(c1ccc(-c2ccccc2C)[n+](C)c1)C(C)C. The summed E-state index contributed by atoms with van der Waals surface area (Å²) in [5.74, 6) is -0.0492. The number of hydrogen-bond donors (Lipinski definition) is 0. The van der Waals surface area contributed by atoms with Gasteiger partial charge in [-0.05, 0) is 161 Å². The largest absolute Gasteiger partial charge is 0.212 e. The average molecular weight is 1070 g/mol. The fourth-order valence-electron chi connectivity index (χ4n) is 8.73. The Morgan fingerprint density at radius 2 is 0.744 bits per heavy atom. The van der Waals surface area contributed by atoms with Gasteiger partial charge < -0.3 is 0 Å². The number of pyridine rings is 4. The molecule has 0 atom stereocenters. The zero-order valence-electron chi connectivity index (χ0n) is 62.3. The van der Waals surface area contributed by atoms with Gasteiger partial charge in [0.1, 0.15) is 28.2 Å². The van der Waals surface area contributed by atoms with Gasteiger partial charge in [-0.25, -0.2) is 18.3 Å². The monoisotopic (exact) mass is 1070 g/mol. The van der Waals surface area contributed by atoms with E-state index in [1.165, 1.54) is 22.3 Å². The van der Waals surface area contributed by atoms with Gasteiger partial charge in [0.2, 0.25) is 22.8 Å². The molecule has 8 aromatic rings. The highest BCUT2D eigenvalue weighted by Crippen LogP contribution is 2.27. The minimum absolute atomic E-state index is 0. The van der Waals surface area contributed by atoms with Crippen molar-refractivity contribution in [3.05, 3.63) is 213 Å². The van der Waals surface area contributed by atoms with Crippen molar-refractivity contribution in [2.24, 2.45) is 44.9 Å². The molecule has 0 saturated carbocycles. The Morgan fingerprint density at radius 3 is 1.09 bits per heavy atom. The van der Waals surface area contributed by atoms with E-state index in [9.17, 15) is 0 Å². The number of benzene rings is 4. The molecule has 4 heterocycles. The molecule has 0 aliphatic heterocycles. The van der Waals surface area contributed by atoms with E-state index < -0.39 is 50.5 Å². The minimum Gasteiger partial charge on any atom is -0.201 e. The number of aryl methyl sites for hydroxylation is 12. The molecule has 4 aromatic heterocycles. The molecule has 4 heteroatoms. The first kappa shape index (κ1) is 47.5. The predicted molar refractivity (Wildman–Crippen MR) is 342 cm³/mol. The van der Waals surface area contributed by atoms with Crippen LogP contribution in [0.25, 0.3) is 45.0 Å². The van der Waals surface area contributed by atoms with Crippen LogP contribution in [0.3, 0.4) is 0 Å². The molecule has 420 valence electrons. The van der Waals surface area contributed by atoms with Crippen LogP contribution in [0.1, 0.15) is 167 Å². The fourth-order valence-corrected chi connectivity index (χ4v) is 8.73. The van der Waals surface area contributed by atoms with E-state index in [-0.39, 0.29) is 35.6 Å². The Morgan fingerprint density at radius 1 is 0.385 bits per heavy atom. The van der Waals surface area contributed by atoms with Crippen LogP contribution in [0.15, 0.2) is 152 Å². The van der Waals surface area contributed by atoms with Crippen LogP contribution >= 0.6 is 0 Å². The second kappa shape index (κ2) is 30.6. The van der Waals surface area contributed by atoms with Gasteiger partial charge >= 0.3 is 0 Å². The Hall–Kier alpha value is -6.52. The minimum atomic E-state index is -2.15. The molecule has 0 fully saturated rings. The maximum atomic E-state index is 8.42. The maximum Gasteiger partial charge on any atom is 0.212 e. The fraction of sp³-hybridized carbons (Fsp3) is 0.405. The van der Waals surface area contributed by atoms with Gasteiger partial charge in [-0.15, -0.1) is 0 Å². The number of rotatable bonds is 8. The molecular formula is C74H108N4+4. The third-order valence-corrected chi connectivity index (χ3v) is 12.2. The summed E-state index contributed by atoms with van der Waals surface area (Å²) in [6.45, 7) is 18.6. The van der Waals surface area contributed by atoms with E-state index in [1.54, 1.807) is 55.1 Å². The third kappa shape index (κ3) is 20.4. The summed E-state index contributed by atoms with van der Waals surface area (Å²) in [7, 11) is 7.63. The highest BCUT2D eigenvalue weighted by Gasteiger charge is 2.20. The van der Waals surface area contributed by atoms with Gasteiger partial charge in [-0.3, -0.25) is 0 Å². The Balaban J connectivity index is 0.000000613. The van der Waals surface area contributed by atoms with Gasteiger partial charge in [0, 0.05) is 89.3 Å². The predicted octanol–water partition coefficient (Wildman–Crippen LogP) is 18.1. The first-order valence-corrected chi connectivity index (χ1v) is 25.5. The van der Waals surface area contributed by atoms with Gasteiger partial charge in [0.15, 0.2) is 24.8 Å². The van der Waals surface area contributed by atoms with E-state index in [0.717, 1.165) is 56.2 Å². The summed E-state index contributed by atoms with van der Waals surface area (Å²) in [6, 6.07) is 40.1. The molecule has 0 spiro atoms. The molecular weight excluding hydrogens is 945 g/mol. The van der Waals surface area contributed by atoms with Gasteiger partial charge in [0.25, 0.3) is 0 Å². The van der Waals surface area contributed by atoms with E-state index in [4.69, 9.17) is 20.6 Å². The van der Waals surface area contributed by atoms with Crippen LogP contribution in [0.4, 0.5) is 0 Å². The van der Waals surface area contributed by atoms with Crippen LogP contribution in [0, 0.1) is 71.9 Å². The molecule has 0 amide bonds. The lowest BCUT2D eigenvalue weighted by atomic mass is 9.88. The van der Waals surface area contributed by atoms with E-state index >= 15 is 0 Å². The molecule has 8 rings (SSSR count). The van der Waals surface area contributed by atoms with Crippen molar-refractivity contribution in [2.75, 3.05) is 0 Å². The third-order valence-electron chi connectivity index (χ3n) is 12.2. The number of aromatic nitrogens is 4. The molecule has 0 unspecified atom stereocenters. The first-order chi connectivity index (χ1) is 40.6. The average Bonchev–Trinajstić information content (AvgIpc) is 0.831. The lowest BCUT2D eigenvalue weighted by Gasteiger charge is -2.17. The van der Waals surface area contributed by atoms with E-state index in [1.807, 2.05) is 195 Å².